The number of ether oxygens (including phenoxy) is 3. The molecule has 0 bridgehead atoms. The molecule has 0 aromatic heterocycles. The molecule has 2 saturated heterocycles. The Morgan fingerprint density at radius 2 is 1.66 bits per heavy atom. The number of amides is 3. The minimum Gasteiger partial charge on any atom is -0.449 e. The van der Waals surface area contributed by atoms with Crippen LogP contribution in [0.25, 0.3) is 0 Å². The van der Waals surface area contributed by atoms with E-state index in [0.717, 1.165) is 6.92 Å². The molecule has 38 heavy (non-hydrogen) atoms. The van der Waals surface area contributed by atoms with Gasteiger partial charge in [0.05, 0.1) is 13.2 Å². The minimum atomic E-state index is -1.55. The van der Waals surface area contributed by atoms with Crippen molar-refractivity contribution in [1.29, 1.82) is 5.41 Å². The number of esters is 1. The van der Waals surface area contributed by atoms with E-state index < -0.39 is 30.0 Å². The van der Waals surface area contributed by atoms with Gasteiger partial charge in [0, 0.05) is 42.8 Å². The molecule has 0 unspecified atom stereocenters. The minimum absolute atomic E-state index is 0.0159. The van der Waals surface area contributed by atoms with Crippen molar-refractivity contribution in [2.75, 3.05) is 53.3 Å². The third-order valence-electron chi connectivity index (χ3n) is 5.82. The highest BCUT2D eigenvalue weighted by Crippen LogP contribution is 2.27. The first-order chi connectivity index (χ1) is 18.2. The van der Waals surface area contributed by atoms with Crippen LogP contribution < -0.4 is 26.2 Å². The van der Waals surface area contributed by atoms with Crippen molar-refractivity contribution in [3.63, 3.8) is 0 Å². The molecule has 2 fully saturated rings. The van der Waals surface area contributed by atoms with E-state index in [9.17, 15) is 19.2 Å². The molecule has 5 N–H and O–H groups in total. The summed E-state index contributed by atoms with van der Waals surface area (Å²) in [5.41, 5.74) is 7.34. The maximum atomic E-state index is 13.5. The van der Waals surface area contributed by atoms with Gasteiger partial charge >= 0.3 is 5.97 Å². The highest BCUT2D eigenvalue weighted by Gasteiger charge is 2.42. The van der Waals surface area contributed by atoms with Crippen molar-refractivity contribution in [1.82, 2.24) is 0 Å². The number of morpholine rings is 2. The number of hydrogen-bond acceptors (Lipinski definition) is 8. The third kappa shape index (κ3) is 6.25. The van der Waals surface area contributed by atoms with Gasteiger partial charge < -0.3 is 40.4 Å². The van der Waals surface area contributed by atoms with Crippen molar-refractivity contribution < 1.29 is 33.4 Å². The van der Waals surface area contributed by atoms with Crippen molar-refractivity contribution in [3.8, 4) is 0 Å². The predicted molar refractivity (Wildman–Crippen MR) is 138 cm³/mol. The van der Waals surface area contributed by atoms with Crippen molar-refractivity contribution in [3.05, 3.63) is 48.5 Å². The number of hydrogen-bond donors (Lipinski definition) is 4. The Balaban J connectivity index is 1.52. The van der Waals surface area contributed by atoms with E-state index in [1.54, 1.807) is 53.4 Å². The van der Waals surface area contributed by atoms with Gasteiger partial charge in [-0.05, 0) is 42.5 Å². The van der Waals surface area contributed by atoms with E-state index in [2.05, 4.69) is 10.6 Å². The van der Waals surface area contributed by atoms with E-state index in [1.165, 1.54) is 4.90 Å². The average molecular weight is 525 g/mol. The molecule has 2 heterocycles. The molecule has 2 aromatic rings. The first-order valence-corrected chi connectivity index (χ1v) is 11.8. The number of carbonyl (C=O) groups excluding carboxylic acids is 4. The fraction of sp³-hybridized carbons (Fsp3) is 0.320. The maximum Gasteiger partial charge on any atom is 0.303 e. The van der Waals surface area contributed by atoms with Gasteiger partial charge in [-0.1, -0.05) is 6.07 Å². The molecule has 2 aliphatic rings. The van der Waals surface area contributed by atoms with E-state index >= 15 is 0 Å². The molecule has 3 amide bonds. The van der Waals surface area contributed by atoms with Crippen LogP contribution in [0.4, 0.5) is 22.7 Å². The highest BCUT2D eigenvalue weighted by atomic mass is 16.6. The summed E-state index contributed by atoms with van der Waals surface area (Å²) in [6.07, 6.45) is -2.94. The van der Waals surface area contributed by atoms with Gasteiger partial charge in [-0.3, -0.25) is 24.6 Å². The molecule has 4 rings (SSSR count). The van der Waals surface area contributed by atoms with Crippen molar-refractivity contribution >= 4 is 52.4 Å². The van der Waals surface area contributed by atoms with Crippen LogP contribution in [0.3, 0.4) is 0 Å². The Morgan fingerprint density at radius 3 is 2.29 bits per heavy atom. The summed E-state index contributed by atoms with van der Waals surface area (Å²) in [7, 11) is 0. The molecular weight excluding hydrogens is 496 g/mol. The van der Waals surface area contributed by atoms with Crippen molar-refractivity contribution in [2.45, 2.75) is 19.1 Å². The van der Waals surface area contributed by atoms with E-state index in [1.807, 2.05) is 0 Å². The van der Waals surface area contributed by atoms with Crippen LogP contribution in [0.15, 0.2) is 48.5 Å². The van der Waals surface area contributed by atoms with Gasteiger partial charge in [-0.2, -0.15) is 0 Å². The number of carbonyl (C=O) groups is 4. The molecule has 0 aliphatic carbocycles. The summed E-state index contributed by atoms with van der Waals surface area (Å²) >= 11 is 0. The first kappa shape index (κ1) is 26.6. The second kappa shape index (κ2) is 11.7. The predicted octanol–water partition coefficient (Wildman–Crippen LogP) is 0.657. The normalized spacial score (nSPS) is 18.5. The summed E-state index contributed by atoms with van der Waals surface area (Å²) < 4.78 is 16.1. The zero-order valence-corrected chi connectivity index (χ0v) is 20.6. The summed E-state index contributed by atoms with van der Waals surface area (Å²) in [5, 5.41) is 12.5. The van der Waals surface area contributed by atoms with Crippen LogP contribution in [0.1, 0.15) is 6.92 Å². The standard InChI is InChI=1S/C25H28N6O7/c1-15(32)38-21(23(34)28-16-5-7-17(8-6-16)29-25(26)27)22-24(35)31(10-12-37-22)19-4-2-3-18(13-19)30-9-11-36-14-20(30)33/h2-8,13,21-22H,9-12,14H2,1H3,(H,28,34)(H4,26,27,29)/t21-,22-/m1/s1. The number of nitrogens with one attached hydrogen (secondary N) is 3. The molecule has 2 aliphatic heterocycles. The lowest BCUT2D eigenvalue weighted by Gasteiger charge is -2.35. The van der Waals surface area contributed by atoms with Crippen LogP contribution in [-0.2, 0) is 33.4 Å². The Kier molecular flexibility index (Phi) is 8.19. The molecule has 0 spiro atoms. The van der Waals surface area contributed by atoms with Gasteiger partial charge in [0.25, 0.3) is 17.7 Å². The fourth-order valence-electron chi connectivity index (χ4n) is 4.14. The maximum absolute atomic E-state index is 13.5. The van der Waals surface area contributed by atoms with E-state index in [-0.39, 0.29) is 31.6 Å². The number of anilines is 4. The highest BCUT2D eigenvalue weighted by molar-refractivity contribution is 6.05. The Morgan fingerprint density at radius 1 is 1.03 bits per heavy atom. The third-order valence-corrected chi connectivity index (χ3v) is 5.82. The van der Waals surface area contributed by atoms with E-state index in [4.69, 9.17) is 25.4 Å². The molecule has 2 atom stereocenters. The number of nitrogens with zero attached hydrogens (tertiary/aromatic N) is 2. The zero-order valence-electron chi connectivity index (χ0n) is 20.6. The average Bonchev–Trinajstić information content (AvgIpc) is 2.89. The lowest BCUT2D eigenvalue weighted by atomic mass is 10.1. The molecule has 13 heteroatoms. The Labute approximate surface area is 218 Å². The van der Waals surface area contributed by atoms with Gasteiger partial charge in [0.2, 0.25) is 6.10 Å². The van der Waals surface area contributed by atoms with E-state index in [0.29, 0.717) is 35.9 Å². The van der Waals surface area contributed by atoms with Gasteiger partial charge in [-0.25, -0.2) is 0 Å². The Bertz CT molecular complexity index is 1230. The molecule has 0 saturated carbocycles. The number of benzene rings is 2. The second-order valence-corrected chi connectivity index (χ2v) is 8.53. The monoisotopic (exact) mass is 524 g/mol. The van der Waals surface area contributed by atoms with Crippen LogP contribution in [-0.4, -0.2) is 74.8 Å². The smallest absolute Gasteiger partial charge is 0.303 e. The van der Waals surface area contributed by atoms with Crippen molar-refractivity contribution in [2.24, 2.45) is 5.73 Å². The number of guanidine groups is 1. The lowest BCUT2D eigenvalue weighted by Crippen LogP contribution is -2.56. The molecule has 0 radical (unpaired) electrons. The van der Waals surface area contributed by atoms with Crippen LogP contribution >= 0.6 is 0 Å². The molecular formula is C25H28N6O7. The van der Waals surface area contributed by atoms with Crippen LogP contribution in [0, 0.1) is 5.41 Å². The number of rotatable bonds is 7. The quantitative estimate of drug-likeness (QED) is 0.230. The summed E-state index contributed by atoms with van der Waals surface area (Å²) in [4.78, 5) is 53.8. The first-order valence-electron chi connectivity index (χ1n) is 11.8. The fourth-order valence-corrected chi connectivity index (χ4v) is 4.14. The zero-order chi connectivity index (χ0) is 27.2. The largest absolute Gasteiger partial charge is 0.449 e. The summed E-state index contributed by atoms with van der Waals surface area (Å²) in [6, 6.07) is 13.2. The van der Waals surface area contributed by atoms with Gasteiger partial charge in [0.15, 0.2) is 12.1 Å². The topological polar surface area (TPSA) is 176 Å². The van der Waals surface area contributed by atoms with Crippen LogP contribution in [0.2, 0.25) is 0 Å². The molecule has 13 nitrogen and oxygen atoms in total. The van der Waals surface area contributed by atoms with Gasteiger partial charge in [-0.15, -0.1) is 0 Å². The van der Waals surface area contributed by atoms with Gasteiger partial charge in [0.1, 0.15) is 6.61 Å². The van der Waals surface area contributed by atoms with Crippen LogP contribution in [0.5, 0.6) is 0 Å². The molecule has 200 valence electrons. The SMILES string of the molecule is CC(=O)O[C@@H](C(=O)Nc1ccc(NC(=N)N)cc1)[C@H]1OCCN(c2cccc(N3CCOCC3=O)c2)C1=O. The lowest BCUT2D eigenvalue weighted by molar-refractivity contribution is -0.167. The number of nitrogens with two attached hydrogens (primary N) is 1. The Hall–Kier alpha value is -4.49. The second-order valence-electron chi connectivity index (χ2n) is 8.53. The molecule has 2 aromatic carbocycles. The summed E-state index contributed by atoms with van der Waals surface area (Å²) in [6.45, 7) is 2.21. The summed E-state index contributed by atoms with van der Waals surface area (Å²) in [5.74, 6) is -2.50.